The van der Waals surface area contributed by atoms with Crippen molar-refractivity contribution < 1.29 is 18.4 Å². The molecule has 20 heavy (non-hydrogen) atoms. The van der Waals surface area contributed by atoms with Crippen molar-refractivity contribution in [3.63, 3.8) is 0 Å². The van der Waals surface area contributed by atoms with Crippen LogP contribution < -0.4 is 5.32 Å². The van der Waals surface area contributed by atoms with Crippen LogP contribution in [0.5, 0.6) is 0 Å². The zero-order valence-electron chi connectivity index (χ0n) is 11.3. The van der Waals surface area contributed by atoms with Crippen LogP contribution in [0.15, 0.2) is 12.4 Å². The Morgan fingerprint density at radius 2 is 2.25 bits per heavy atom. The second kappa shape index (κ2) is 6.77. The van der Waals surface area contributed by atoms with E-state index in [4.69, 9.17) is 0 Å². The summed E-state index contributed by atoms with van der Waals surface area (Å²) in [4.78, 5) is 9.90. The summed E-state index contributed by atoms with van der Waals surface area (Å²) in [5, 5.41) is 26.9. The fraction of sp³-hybridized carbons (Fsp3) is 0.700. The number of hydrogen-bond acceptors (Lipinski definition) is 7. The lowest BCUT2D eigenvalue weighted by atomic mass is 10.3. The van der Waals surface area contributed by atoms with Gasteiger partial charge in [0.2, 0.25) is 0 Å². The number of aliphatic hydroxyl groups is 1. The molecule has 0 saturated carbocycles. The first-order valence-electron chi connectivity index (χ1n) is 5.93. The molecule has 0 amide bonds. The van der Waals surface area contributed by atoms with Crippen LogP contribution in [0.1, 0.15) is 6.92 Å². The predicted molar refractivity (Wildman–Crippen MR) is 72.1 cm³/mol. The van der Waals surface area contributed by atoms with Crippen molar-refractivity contribution in [1.82, 2.24) is 15.1 Å². The Balaban J connectivity index is 2.39. The number of nitrogens with one attached hydrogen (secondary N) is 1. The molecule has 1 aromatic rings. The molecule has 0 bridgehead atoms. The quantitative estimate of drug-likeness (QED) is 0.474. The van der Waals surface area contributed by atoms with E-state index in [0.717, 1.165) is 12.5 Å². The fourth-order valence-corrected chi connectivity index (χ4v) is 2.70. The topological polar surface area (TPSA) is 127 Å². The van der Waals surface area contributed by atoms with E-state index in [1.807, 2.05) is 0 Å². The predicted octanol–water partition coefficient (Wildman–Crippen LogP) is -0.825. The van der Waals surface area contributed by atoms with Gasteiger partial charge in [-0.15, -0.1) is 0 Å². The van der Waals surface area contributed by atoms with E-state index in [9.17, 15) is 23.6 Å². The molecular weight excluding hydrogens is 288 g/mol. The van der Waals surface area contributed by atoms with Crippen LogP contribution in [0.3, 0.4) is 0 Å². The van der Waals surface area contributed by atoms with Crippen molar-refractivity contribution in [3.05, 3.63) is 22.5 Å². The van der Waals surface area contributed by atoms with E-state index in [2.05, 4.69) is 10.4 Å². The summed E-state index contributed by atoms with van der Waals surface area (Å²) in [7, 11) is -3.07. The monoisotopic (exact) mass is 306 g/mol. The highest BCUT2D eigenvalue weighted by Crippen LogP contribution is 2.07. The molecule has 2 unspecified atom stereocenters. The van der Waals surface area contributed by atoms with E-state index in [1.165, 1.54) is 10.9 Å². The molecule has 1 aromatic heterocycles. The first kappa shape index (κ1) is 16.5. The zero-order chi connectivity index (χ0) is 15.3. The minimum absolute atomic E-state index is 0.0209. The molecule has 9 nitrogen and oxygen atoms in total. The molecule has 0 aliphatic rings. The summed E-state index contributed by atoms with van der Waals surface area (Å²) >= 11 is 0. The molecule has 114 valence electrons. The van der Waals surface area contributed by atoms with Gasteiger partial charge in [-0.1, -0.05) is 0 Å². The average molecular weight is 306 g/mol. The highest BCUT2D eigenvalue weighted by molar-refractivity contribution is 7.90. The van der Waals surface area contributed by atoms with E-state index >= 15 is 0 Å². The molecule has 0 spiro atoms. The maximum absolute atomic E-state index is 11.1. The molecule has 1 heterocycles. The van der Waals surface area contributed by atoms with Crippen LogP contribution >= 0.6 is 0 Å². The third kappa shape index (κ3) is 6.08. The second-order valence-electron chi connectivity index (χ2n) is 4.73. The maximum Gasteiger partial charge on any atom is 0.306 e. The van der Waals surface area contributed by atoms with Gasteiger partial charge in [0, 0.05) is 18.8 Å². The SMILES string of the molecule is CC(CS(C)(=O)=O)NCC(O)Cn1cc([N+](=O)[O-])cn1. The van der Waals surface area contributed by atoms with Crippen molar-refractivity contribution in [2.75, 3.05) is 18.6 Å². The summed E-state index contributed by atoms with van der Waals surface area (Å²) in [5.41, 5.74) is -0.143. The second-order valence-corrected chi connectivity index (χ2v) is 6.92. The van der Waals surface area contributed by atoms with Crippen molar-refractivity contribution in [1.29, 1.82) is 0 Å². The van der Waals surface area contributed by atoms with Crippen molar-refractivity contribution in [2.45, 2.75) is 25.6 Å². The van der Waals surface area contributed by atoms with Gasteiger partial charge in [0.15, 0.2) is 0 Å². The molecule has 2 N–H and O–H groups in total. The molecule has 0 radical (unpaired) electrons. The summed E-state index contributed by atoms with van der Waals surface area (Å²) in [6.07, 6.45) is 2.65. The minimum Gasteiger partial charge on any atom is -0.390 e. The zero-order valence-corrected chi connectivity index (χ0v) is 12.1. The van der Waals surface area contributed by atoms with E-state index in [-0.39, 0.29) is 30.6 Å². The molecule has 0 aromatic carbocycles. The summed E-state index contributed by atoms with van der Waals surface area (Å²) in [6, 6.07) is -0.286. The van der Waals surface area contributed by atoms with Crippen LogP contribution in [0.2, 0.25) is 0 Å². The maximum atomic E-state index is 11.1. The minimum atomic E-state index is -3.07. The van der Waals surface area contributed by atoms with Crippen LogP contribution in [-0.2, 0) is 16.4 Å². The molecule has 0 fully saturated rings. The first-order chi connectivity index (χ1) is 9.17. The Kier molecular flexibility index (Phi) is 5.60. The molecule has 0 aliphatic heterocycles. The number of aliphatic hydroxyl groups excluding tert-OH is 1. The summed E-state index contributed by atoms with van der Waals surface area (Å²) < 4.78 is 23.4. The molecule has 0 aliphatic carbocycles. The molecular formula is C10H18N4O5S. The van der Waals surface area contributed by atoms with Gasteiger partial charge in [-0.05, 0) is 6.92 Å². The Morgan fingerprint density at radius 1 is 1.60 bits per heavy atom. The van der Waals surface area contributed by atoms with E-state index in [1.54, 1.807) is 6.92 Å². The third-order valence-electron chi connectivity index (χ3n) is 2.48. The largest absolute Gasteiger partial charge is 0.390 e. The Hall–Kier alpha value is -1.52. The number of nitro groups is 1. The lowest BCUT2D eigenvalue weighted by Gasteiger charge is -2.16. The van der Waals surface area contributed by atoms with Gasteiger partial charge in [-0.2, -0.15) is 5.10 Å². The van der Waals surface area contributed by atoms with Gasteiger partial charge in [-0.25, -0.2) is 8.42 Å². The van der Waals surface area contributed by atoms with Gasteiger partial charge in [-0.3, -0.25) is 14.8 Å². The van der Waals surface area contributed by atoms with Crippen LogP contribution in [0.25, 0.3) is 0 Å². The van der Waals surface area contributed by atoms with E-state index in [0.29, 0.717) is 0 Å². The molecule has 10 heteroatoms. The standard InChI is InChI=1S/C10H18N4O5S/c1-8(7-20(2,18)19)11-4-10(15)6-13-5-9(3-12-13)14(16)17/h3,5,8,10-11,15H,4,6-7H2,1-2H3. The average Bonchev–Trinajstić information content (AvgIpc) is 2.72. The van der Waals surface area contributed by atoms with Crippen molar-refractivity contribution >= 4 is 15.5 Å². The molecule has 0 saturated heterocycles. The Labute approximate surface area is 116 Å². The normalized spacial score (nSPS) is 14.9. The van der Waals surface area contributed by atoms with Crippen LogP contribution in [-0.4, -0.2) is 58.9 Å². The highest BCUT2D eigenvalue weighted by Gasteiger charge is 2.14. The molecule has 2 atom stereocenters. The molecule has 1 rings (SSSR count). The van der Waals surface area contributed by atoms with Gasteiger partial charge >= 0.3 is 5.69 Å². The first-order valence-corrected chi connectivity index (χ1v) is 7.99. The van der Waals surface area contributed by atoms with E-state index < -0.39 is 20.9 Å². The number of rotatable bonds is 8. The van der Waals surface area contributed by atoms with Gasteiger partial charge in [0.1, 0.15) is 22.2 Å². The third-order valence-corrected chi connectivity index (χ3v) is 3.59. The smallest absolute Gasteiger partial charge is 0.306 e. The number of aromatic nitrogens is 2. The van der Waals surface area contributed by atoms with Gasteiger partial charge < -0.3 is 10.4 Å². The fourth-order valence-electron chi connectivity index (χ4n) is 1.68. The van der Waals surface area contributed by atoms with Gasteiger partial charge in [0.25, 0.3) is 0 Å². The lowest BCUT2D eigenvalue weighted by Crippen LogP contribution is -2.39. The summed E-state index contributed by atoms with van der Waals surface area (Å²) in [5.74, 6) is -0.0209. The summed E-state index contributed by atoms with van der Waals surface area (Å²) in [6.45, 7) is 1.96. The van der Waals surface area contributed by atoms with Crippen molar-refractivity contribution in [2.24, 2.45) is 0 Å². The van der Waals surface area contributed by atoms with Gasteiger partial charge in [0.05, 0.1) is 23.3 Å². The number of nitrogens with zero attached hydrogens (tertiary/aromatic N) is 3. The van der Waals surface area contributed by atoms with Crippen LogP contribution in [0, 0.1) is 10.1 Å². The van der Waals surface area contributed by atoms with Crippen LogP contribution in [0.4, 0.5) is 5.69 Å². The highest BCUT2D eigenvalue weighted by atomic mass is 32.2. The number of sulfone groups is 1. The Bertz CT molecular complexity index is 556. The Morgan fingerprint density at radius 3 is 2.75 bits per heavy atom. The lowest BCUT2D eigenvalue weighted by molar-refractivity contribution is -0.385. The van der Waals surface area contributed by atoms with Crippen molar-refractivity contribution in [3.8, 4) is 0 Å². The number of hydrogen-bond donors (Lipinski definition) is 2.